The summed E-state index contributed by atoms with van der Waals surface area (Å²) in [7, 11) is 0. The molecule has 3 heteroatoms. The van der Waals surface area contributed by atoms with Gasteiger partial charge in [-0.1, -0.05) is 26.8 Å². The van der Waals surface area contributed by atoms with Crippen molar-refractivity contribution in [3.63, 3.8) is 0 Å². The van der Waals surface area contributed by atoms with Crippen LogP contribution in [0.1, 0.15) is 33.3 Å². The van der Waals surface area contributed by atoms with Crippen LogP contribution in [-0.2, 0) is 12.0 Å². The van der Waals surface area contributed by atoms with Crippen molar-refractivity contribution in [2.24, 2.45) is 0 Å². The molecule has 0 aliphatic carbocycles. The van der Waals surface area contributed by atoms with Crippen LogP contribution in [-0.4, -0.2) is 16.0 Å². The Labute approximate surface area is 101 Å². The van der Waals surface area contributed by atoms with Crippen molar-refractivity contribution in [2.75, 3.05) is 0 Å². The summed E-state index contributed by atoms with van der Waals surface area (Å²) in [5, 5.41) is 5.32. The highest BCUT2D eigenvalue weighted by Gasteiger charge is 2.15. The summed E-state index contributed by atoms with van der Waals surface area (Å²) in [5.41, 5.74) is 2.41. The van der Waals surface area contributed by atoms with E-state index in [4.69, 9.17) is 0 Å². The first-order valence-corrected chi connectivity index (χ1v) is 5.98. The van der Waals surface area contributed by atoms with Crippen molar-refractivity contribution in [2.45, 2.75) is 45.8 Å². The lowest BCUT2D eigenvalue weighted by molar-refractivity contribution is 0.313. The normalized spacial score (nSPS) is 14.2. The number of alkyl halides is 1. The zero-order chi connectivity index (χ0) is 12.6. The van der Waals surface area contributed by atoms with E-state index in [-0.39, 0.29) is 5.41 Å². The van der Waals surface area contributed by atoms with Gasteiger partial charge in [-0.25, -0.2) is 4.39 Å². The molecule has 1 aromatic carbocycles. The van der Waals surface area contributed by atoms with Gasteiger partial charge in [-0.3, -0.25) is 4.68 Å². The Morgan fingerprint density at radius 2 is 2.06 bits per heavy atom. The van der Waals surface area contributed by atoms with Crippen LogP contribution in [0.4, 0.5) is 4.39 Å². The first-order chi connectivity index (χ1) is 7.88. The van der Waals surface area contributed by atoms with E-state index in [1.54, 1.807) is 11.6 Å². The van der Waals surface area contributed by atoms with E-state index in [9.17, 15) is 4.39 Å². The molecule has 0 fully saturated rings. The Morgan fingerprint density at radius 1 is 1.35 bits per heavy atom. The third-order valence-corrected chi connectivity index (χ3v) is 2.93. The Hall–Kier alpha value is -1.38. The van der Waals surface area contributed by atoms with E-state index in [1.807, 2.05) is 12.3 Å². The monoisotopic (exact) mass is 234 g/mol. The maximum absolute atomic E-state index is 13.0. The van der Waals surface area contributed by atoms with Gasteiger partial charge in [-0.15, -0.1) is 0 Å². The summed E-state index contributed by atoms with van der Waals surface area (Å²) >= 11 is 0. The molecule has 2 nitrogen and oxygen atoms in total. The number of benzene rings is 1. The first-order valence-electron chi connectivity index (χ1n) is 5.98. The molecule has 1 unspecified atom stereocenters. The van der Waals surface area contributed by atoms with Gasteiger partial charge in [0, 0.05) is 5.39 Å². The predicted octanol–water partition coefficient (Wildman–Crippen LogP) is 3.69. The molecule has 92 valence electrons. The molecule has 0 saturated heterocycles. The quantitative estimate of drug-likeness (QED) is 0.774. The zero-order valence-corrected chi connectivity index (χ0v) is 10.9. The highest BCUT2D eigenvalue weighted by molar-refractivity contribution is 5.79. The molecular formula is C14H19FN2. The Bertz CT molecular complexity index is 520. The summed E-state index contributed by atoms with van der Waals surface area (Å²) in [6.07, 6.45) is 0.938. The van der Waals surface area contributed by atoms with Crippen LogP contribution in [0, 0.1) is 0 Å². The Morgan fingerprint density at radius 3 is 2.65 bits per heavy atom. The molecule has 0 aliphatic heterocycles. The van der Waals surface area contributed by atoms with Gasteiger partial charge in [-0.2, -0.15) is 5.10 Å². The second kappa shape index (κ2) is 4.13. The maximum atomic E-state index is 13.0. The summed E-state index contributed by atoms with van der Waals surface area (Å²) in [4.78, 5) is 0. The average molecular weight is 234 g/mol. The fourth-order valence-electron chi connectivity index (χ4n) is 1.94. The average Bonchev–Trinajstić information content (AvgIpc) is 2.59. The molecule has 2 rings (SSSR count). The van der Waals surface area contributed by atoms with Crippen molar-refractivity contribution >= 4 is 10.9 Å². The lowest BCUT2D eigenvalue weighted by Crippen LogP contribution is -2.11. The second-order valence-corrected chi connectivity index (χ2v) is 5.63. The number of fused-ring (bicyclic) bond motifs is 1. The summed E-state index contributed by atoms with van der Waals surface area (Å²) in [6, 6.07) is 6.27. The second-order valence-electron chi connectivity index (χ2n) is 5.63. The van der Waals surface area contributed by atoms with Crippen molar-refractivity contribution in [3.05, 3.63) is 30.0 Å². The van der Waals surface area contributed by atoms with E-state index in [2.05, 4.69) is 38.0 Å². The smallest absolute Gasteiger partial charge is 0.117 e. The molecule has 1 heterocycles. The number of rotatable bonds is 2. The van der Waals surface area contributed by atoms with Crippen LogP contribution in [0.3, 0.4) is 0 Å². The van der Waals surface area contributed by atoms with Gasteiger partial charge in [0.25, 0.3) is 0 Å². The van der Waals surface area contributed by atoms with E-state index in [1.165, 1.54) is 5.56 Å². The van der Waals surface area contributed by atoms with Crippen molar-refractivity contribution in [1.29, 1.82) is 0 Å². The maximum Gasteiger partial charge on any atom is 0.117 e. The molecule has 2 aromatic rings. The fraction of sp³-hybridized carbons (Fsp3) is 0.500. The van der Waals surface area contributed by atoms with Crippen LogP contribution in [0.5, 0.6) is 0 Å². The molecule has 0 radical (unpaired) electrons. The van der Waals surface area contributed by atoms with E-state index in [0.29, 0.717) is 6.54 Å². The molecule has 0 bridgehead atoms. The van der Waals surface area contributed by atoms with Gasteiger partial charge in [0.2, 0.25) is 0 Å². The van der Waals surface area contributed by atoms with Gasteiger partial charge < -0.3 is 0 Å². The van der Waals surface area contributed by atoms with E-state index < -0.39 is 6.17 Å². The summed E-state index contributed by atoms with van der Waals surface area (Å²) < 4.78 is 14.7. The molecule has 0 amide bonds. The minimum Gasteiger partial charge on any atom is -0.262 e. The highest BCUT2D eigenvalue weighted by atomic mass is 19.1. The number of nitrogens with zero attached hydrogens (tertiary/aromatic N) is 2. The Balaban J connectivity index is 2.45. The van der Waals surface area contributed by atoms with Crippen LogP contribution in [0.2, 0.25) is 0 Å². The van der Waals surface area contributed by atoms with Crippen LogP contribution < -0.4 is 0 Å². The third kappa shape index (κ3) is 2.48. The minimum atomic E-state index is -0.875. The molecule has 0 saturated carbocycles. The van der Waals surface area contributed by atoms with Crippen LogP contribution >= 0.6 is 0 Å². The third-order valence-electron chi connectivity index (χ3n) is 2.93. The minimum absolute atomic E-state index is 0.129. The molecule has 0 aliphatic rings. The fourth-order valence-corrected chi connectivity index (χ4v) is 1.94. The van der Waals surface area contributed by atoms with Gasteiger partial charge >= 0.3 is 0 Å². The van der Waals surface area contributed by atoms with Gasteiger partial charge in [0.05, 0.1) is 18.3 Å². The van der Waals surface area contributed by atoms with E-state index >= 15 is 0 Å². The van der Waals surface area contributed by atoms with Gasteiger partial charge in [0.15, 0.2) is 0 Å². The predicted molar refractivity (Wildman–Crippen MR) is 69.0 cm³/mol. The number of hydrogen-bond donors (Lipinski definition) is 0. The van der Waals surface area contributed by atoms with Crippen LogP contribution in [0.25, 0.3) is 10.9 Å². The molecule has 1 aromatic heterocycles. The van der Waals surface area contributed by atoms with Crippen LogP contribution in [0.15, 0.2) is 24.4 Å². The largest absolute Gasteiger partial charge is 0.262 e. The number of hydrogen-bond acceptors (Lipinski definition) is 1. The lowest BCUT2D eigenvalue weighted by Gasteiger charge is -2.18. The number of aromatic nitrogens is 2. The standard InChI is InChI=1S/C14H19FN2/c1-10(15)9-17-13-6-5-12(14(2,3)4)7-11(13)8-16-17/h5-8,10H,9H2,1-4H3. The molecular weight excluding hydrogens is 215 g/mol. The van der Waals surface area contributed by atoms with Crippen molar-refractivity contribution < 1.29 is 4.39 Å². The van der Waals surface area contributed by atoms with Crippen molar-refractivity contribution in [1.82, 2.24) is 9.78 Å². The van der Waals surface area contributed by atoms with Gasteiger partial charge in [-0.05, 0) is 30.0 Å². The van der Waals surface area contributed by atoms with Crippen molar-refractivity contribution in [3.8, 4) is 0 Å². The SMILES string of the molecule is CC(F)Cn1ncc2cc(C(C)(C)C)ccc21. The lowest BCUT2D eigenvalue weighted by atomic mass is 9.86. The Kier molecular flexibility index (Phi) is 2.94. The summed E-state index contributed by atoms with van der Waals surface area (Å²) in [5.74, 6) is 0. The first kappa shape index (κ1) is 12.1. The van der Waals surface area contributed by atoms with E-state index in [0.717, 1.165) is 10.9 Å². The molecule has 17 heavy (non-hydrogen) atoms. The number of halogens is 1. The molecule has 0 N–H and O–H groups in total. The molecule has 1 atom stereocenters. The zero-order valence-electron chi connectivity index (χ0n) is 10.9. The highest BCUT2D eigenvalue weighted by Crippen LogP contribution is 2.26. The van der Waals surface area contributed by atoms with Gasteiger partial charge in [0.1, 0.15) is 6.17 Å². The topological polar surface area (TPSA) is 17.8 Å². The summed E-state index contributed by atoms with van der Waals surface area (Å²) in [6.45, 7) is 8.42. The molecule has 0 spiro atoms.